The maximum absolute atomic E-state index is 15.3. The Balaban J connectivity index is 0.000000532. The van der Waals surface area contributed by atoms with E-state index in [1.165, 1.54) is 30.3 Å². The Kier molecular flexibility index (Phi) is 8.82. The minimum Gasteiger partial charge on any atom is -0.480 e. The molecule has 7 nitrogen and oxygen atoms in total. The van der Waals surface area contributed by atoms with Crippen LogP contribution < -0.4 is 5.32 Å². The molecule has 4 atom stereocenters. The van der Waals surface area contributed by atoms with Crippen LogP contribution in [0.2, 0.25) is 10.0 Å². The first-order valence-corrected chi connectivity index (χ1v) is 12.1. The van der Waals surface area contributed by atoms with Crippen molar-refractivity contribution in [2.75, 3.05) is 6.61 Å². The third-order valence-corrected chi connectivity index (χ3v) is 7.60. The molecular formula is C25H21Cl2F5N2O5. The van der Waals surface area contributed by atoms with Crippen LogP contribution in [0, 0.1) is 28.4 Å². The number of nitriles is 1. The van der Waals surface area contributed by atoms with Gasteiger partial charge in [0.15, 0.2) is 0 Å². The number of benzene rings is 2. The zero-order chi connectivity index (χ0) is 29.3. The van der Waals surface area contributed by atoms with Crippen molar-refractivity contribution in [3.63, 3.8) is 0 Å². The van der Waals surface area contributed by atoms with E-state index in [9.17, 15) is 33.4 Å². The number of aliphatic hydroxyl groups is 1. The summed E-state index contributed by atoms with van der Waals surface area (Å²) in [5, 5.41) is 40.3. The van der Waals surface area contributed by atoms with Gasteiger partial charge >= 0.3 is 18.1 Å². The van der Waals surface area contributed by atoms with E-state index >= 15 is 8.78 Å². The SMILES string of the molecule is N#C[C@]1(c2ccc(Cl)cc2F)[C@H](CC2(CO)CC2)N[C@@H](C(=O)O)[C@@H]1c1cccc(Cl)c1F.O=C(O)C(F)(F)F. The van der Waals surface area contributed by atoms with Crippen LogP contribution in [-0.4, -0.2) is 52.1 Å². The molecule has 1 saturated carbocycles. The Morgan fingerprint density at radius 3 is 2.21 bits per heavy atom. The van der Waals surface area contributed by atoms with Crippen LogP contribution in [0.4, 0.5) is 22.0 Å². The first-order chi connectivity index (χ1) is 18.1. The zero-order valence-corrected chi connectivity index (χ0v) is 21.3. The summed E-state index contributed by atoms with van der Waals surface area (Å²) in [5.74, 6) is -7.01. The number of rotatable bonds is 6. The van der Waals surface area contributed by atoms with Gasteiger partial charge in [-0.1, -0.05) is 41.4 Å². The number of carbonyl (C=O) groups is 2. The van der Waals surface area contributed by atoms with Crippen molar-refractivity contribution in [1.29, 1.82) is 5.26 Å². The first kappa shape index (κ1) is 30.6. The lowest BCUT2D eigenvalue weighted by Gasteiger charge is -2.36. The van der Waals surface area contributed by atoms with Crippen molar-refractivity contribution >= 4 is 35.1 Å². The Bertz CT molecular complexity index is 1310. The Hall–Kier alpha value is -2.98. The van der Waals surface area contributed by atoms with Crippen molar-refractivity contribution in [2.24, 2.45) is 5.41 Å². The average Bonchev–Trinajstić information content (AvgIpc) is 3.55. The standard InChI is InChI=1S/C23H20Cl2F2N2O3.C2HF3O2/c24-12-4-5-14(16(26)8-12)23(10-28)17(9-22(11-30)6-7-22)29-20(21(31)32)18(23)13-2-1-3-15(25)19(13)27;3-2(4,5)1(6)7/h1-5,8,17-18,20,29-30H,6-7,9,11H2,(H,31,32);(H,6,7)/t17-,18-,20+,23-;/m0./s1. The highest BCUT2D eigenvalue weighted by Crippen LogP contribution is 2.57. The summed E-state index contributed by atoms with van der Waals surface area (Å²) in [6.45, 7) is -0.149. The van der Waals surface area contributed by atoms with Crippen molar-refractivity contribution in [3.8, 4) is 6.07 Å². The molecule has 0 spiro atoms. The van der Waals surface area contributed by atoms with Crippen LogP contribution in [0.5, 0.6) is 0 Å². The molecule has 0 amide bonds. The first-order valence-electron chi connectivity index (χ1n) is 11.3. The van der Waals surface area contributed by atoms with E-state index < -0.39 is 58.6 Å². The predicted molar refractivity (Wildman–Crippen MR) is 128 cm³/mol. The van der Waals surface area contributed by atoms with Gasteiger partial charge in [-0.25, -0.2) is 13.6 Å². The molecule has 1 heterocycles. The van der Waals surface area contributed by atoms with E-state index in [1.807, 2.05) is 0 Å². The van der Waals surface area contributed by atoms with Gasteiger partial charge in [0.1, 0.15) is 23.1 Å². The van der Waals surface area contributed by atoms with Crippen LogP contribution in [0.25, 0.3) is 0 Å². The second-order valence-electron chi connectivity index (χ2n) is 9.43. The fourth-order valence-electron chi connectivity index (χ4n) is 4.97. The number of carboxylic acid groups (broad SMARTS) is 2. The number of halogens is 7. The van der Waals surface area contributed by atoms with Crippen LogP contribution in [-0.2, 0) is 15.0 Å². The van der Waals surface area contributed by atoms with E-state index in [4.69, 9.17) is 33.1 Å². The van der Waals surface area contributed by atoms with Gasteiger partial charge in [0.2, 0.25) is 0 Å². The highest BCUT2D eigenvalue weighted by atomic mass is 35.5. The number of aliphatic hydroxyl groups excluding tert-OH is 1. The summed E-state index contributed by atoms with van der Waals surface area (Å²) in [6.07, 6.45) is -3.47. The largest absolute Gasteiger partial charge is 0.490 e. The molecule has 0 unspecified atom stereocenters. The van der Waals surface area contributed by atoms with Gasteiger partial charge in [0.05, 0.1) is 11.1 Å². The molecule has 0 bridgehead atoms. The van der Waals surface area contributed by atoms with Crippen molar-refractivity contribution in [1.82, 2.24) is 5.32 Å². The van der Waals surface area contributed by atoms with Gasteiger partial charge in [-0.2, -0.15) is 18.4 Å². The molecular weight excluding hydrogens is 574 g/mol. The van der Waals surface area contributed by atoms with Gasteiger partial charge in [-0.3, -0.25) is 10.1 Å². The molecule has 2 aromatic carbocycles. The predicted octanol–water partition coefficient (Wildman–Crippen LogP) is 5.04. The third kappa shape index (κ3) is 5.96. The highest BCUT2D eigenvalue weighted by Gasteiger charge is 2.63. The van der Waals surface area contributed by atoms with Gasteiger partial charge in [0, 0.05) is 29.2 Å². The number of hydrogen-bond acceptors (Lipinski definition) is 5. The van der Waals surface area contributed by atoms with E-state index in [2.05, 4.69) is 11.4 Å². The van der Waals surface area contributed by atoms with E-state index in [-0.39, 0.29) is 34.2 Å². The molecule has 0 radical (unpaired) electrons. The number of aliphatic carboxylic acids is 2. The normalized spacial score (nSPS) is 25.3. The third-order valence-electron chi connectivity index (χ3n) is 7.07. The molecule has 210 valence electrons. The van der Waals surface area contributed by atoms with Crippen LogP contribution >= 0.6 is 23.2 Å². The Morgan fingerprint density at radius 1 is 1.13 bits per heavy atom. The molecule has 14 heteroatoms. The number of nitrogens with one attached hydrogen (secondary N) is 1. The molecule has 1 aliphatic carbocycles. The topological polar surface area (TPSA) is 131 Å². The average molecular weight is 595 g/mol. The molecule has 39 heavy (non-hydrogen) atoms. The maximum Gasteiger partial charge on any atom is 0.490 e. The summed E-state index contributed by atoms with van der Waals surface area (Å²) in [4.78, 5) is 21.2. The Labute approximate surface area is 228 Å². The number of alkyl halides is 3. The highest BCUT2D eigenvalue weighted by molar-refractivity contribution is 6.31. The lowest BCUT2D eigenvalue weighted by atomic mass is 9.63. The van der Waals surface area contributed by atoms with Gasteiger partial charge in [0.25, 0.3) is 0 Å². The minimum absolute atomic E-state index is 0.0798. The maximum atomic E-state index is 15.3. The molecule has 0 aromatic heterocycles. The van der Waals surface area contributed by atoms with Crippen LogP contribution in [0.1, 0.15) is 36.3 Å². The fourth-order valence-corrected chi connectivity index (χ4v) is 5.31. The number of carboxylic acids is 2. The minimum atomic E-state index is -5.08. The molecule has 4 N–H and O–H groups in total. The summed E-state index contributed by atoms with van der Waals surface area (Å²) in [6, 6.07) is 7.84. The summed E-state index contributed by atoms with van der Waals surface area (Å²) >= 11 is 11.9. The van der Waals surface area contributed by atoms with E-state index in [0.29, 0.717) is 12.8 Å². The van der Waals surface area contributed by atoms with E-state index in [0.717, 1.165) is 6.07 Å². The van der Waals surface area contributed by atoms with E-state index in [1.54, 1.807) is 0 Å². The monoisotopic (exact) mass is 594 g/mol. The Morgan fingerprint density at radius 2 is 1.74 bits per heavy atom. The molecule has 1 aliphatic heterocycles. The molecule has 2 aromatic rings. The van der Waals surface area contributed by atoms with Crippen molar-refractivity contribution in [2.45, 2.75) is 48.9 Å². The van der Waals surface area contributed by atoms with Gasteiger partial charge < -0.3 is 15.3 Å². The second kappa shape index (κ2) is 11.3. The van der Waals surface area contributed by atoms with Gasteiger partial charge in [-0.15, -0.1) is 0 Å². The van der Waals surface area contributed by atoms with Crippen LogP contribution in [0.3, 0.4) is 0 Å². The van der Waals surface area contributed by atoms with Crippen LogP contribution in [0.15, 0.2) is 36.4 Å². The summed E-state index contributed by atoms with van der Waals surface area (Å²) in [5.41, 5.74) is -2.46. The fraction of sp³-hybridized carbons (Fsp3) is 0.400. The summed E-state index contributed by atoms with van der Waals surface area (Å²) < 4.78 is 62.2. The quantitative estimate of drug-likeness (QED) is 0.345. The molecule has 4 rings (SSSR count). The van der Waals surface area contributed by atoms with Crippen molar-refractivity contribution < 1.29 is 46.9 Å². The lowest BCUT2D eigenvalue weighted by Crippen LogP contribution is -2.44. The lowest BCUT2D eigenvalue weighted by molar-refractivity contribution is -0.192. The molecule has 2 fully saturated rings. The molecule has 2 aliphatic rings. The van der Waals surface area contributed by atoms with Crippen molar-refractivity contribution in [3.05, 3.63) is 69.2 Å². The molecule has 1 saturated heterocycles. The smallest absolute Gasteiger partial charge is 0.480 e. The number of hydrogen-bond donors (Lipinski definition) is 4. The zero-order valence-electron chi connectivity index (χ0n) is 19.8. The van der Waals surface area contributed by atoms with Gasteiger partial charge in [-0.05, 0) is 48.4 Å². The summed E-state index contributed by atoms with van der Waals surface area (Å²) in [7, 11) is 0. The number of nitrogens with zero attached hydrogens (tertiary/aromatic N) is 1. The second-order valence-corrected chi connectivity index (χ2v) is 10.3.